The minimum absolute atomic E-state index is 0.00598. The molecule has 2 atom stereocenters. The van der Waals surface area contributed by atoms with Crippen LogP contribution in [-0.4, -0.2) is 81.0 Å². The second kappa shape index (κ2) is 28.9. The molecular formula is C75H79Cl2N9O5. The van der Waals surface area contributed by atoms with Crippen molar-refractivity contribution in [2.75, 3.05) is 46.2 Å². The Labute approximate surface area is 544 Å². The fourth-order valence-corrected chi connectivity index (χ4v) is 13.6. The van der Waals surface area contributed by atoms with Crippen molar-refractivity contribution in [1.29, 1.82) is 0 Å². The predicted molar refractivity (Wildman–Crippen MR) is 365 cm³/mol. The van der Waals surface area contributed by atoms with Crippen molar-refractivity contribution in [3.8, 4) is 5.69 Å². The van der Waals surface area contributed by atoms with E-state index < -0.39 is 0 Å². The van der Waals surface area contributed by atoms with Gasteiger partial charge in [-0.05, 0) is 204 Å². The predicted octanol–water partition coefficient (Wildman–Crippen LogP) is 15.7. The van der Waals surface area contributed by atoms with Gasteiger partial charge in [-0.2, -0.15) is 5.10 Å². The lowest BCUT2D eigenvalue weighted by molar-refractivity contribution is -0.122. The summed E-state index contributed by atoms with van der Waals surface area (Å²) in [6.45, 7) is 14.8. The van der Waals surface area contributed by atoms with E-state index >= 15 is 0 Å². The van der Waals surface area contributed by atoms with Gasteiger partial charge in [0.25, 0.3) is 23.6 Å². The summed E-state index contributed by atoms with van der Waals surface area (Å²) in [6.07, 6.45) is 14.2. The van der Waals surface area contributed by atoms with E-state index in [-0.39, 0.29) is 41.5 Å². The standard InChI is InChI=1S/C26H34ClN3O2.C26H26N2O2.C23H19ClN4O/c1-18(2)28-25(31)16-19-8-7-15-30(24-10-4-3-9-21(19)24)26(32)22-12-11-20(17-23(22)27)29-13-5-6-14-29;1-18-9-7-17-28(24-12-6-5-10-22(18)24)26(30)20-13-15-21(16-14-20)27-25(29)23-11-4-3-8-19(23)2;1-16-10-12-28(25-16)18-8-9-20(21(24)13-18)23(29)27-15-19-6-4-11-26(19)14-17-5-2-3-7-22(17)27/h3-4,9-10,17-19H,5-8,11-16H2,1-2H3,(H,28,31);3-6,8,10-16,18H,7,9,17H2,1-2H3,(H,27,29);2-13H,14-15H2,1H3/t19-;;/m1../s1. The smallest absolute Gasteiger partial charge is 0.260 e. The number of rotatable bonds is 10. The van der Waals surface area contributed by atoms with E-state index in [0.717, 1.165) is 103 Å². The second-order valence-corrected chi connectivity index (χ2v) is 25.4. The topological polar surface area (TPSA) is 145 Å². The van der Waals surface area contributed by atoms with Gasteiger partial charge in [-0.25, -0.2) is 4.68 Å². The van der Waals surface area contributed by atoms with Gasteiger partial charge in [0.1, 0.15) is 0 Å². The van der Waals surface area contributed by atoms with E-state index in [4.69, 9.17) is 23.2 Å². The van der Waals surface area contributed by atoms with Crippen LogP contribution in [-0.2, 0) is 22.7 Å². The number of hydrogen-bond donors (Lipinski definition) is 2. The number of halogens is 2. The molecule has 0 saturated carbocycles. The largest absolute Gasteiger partial charge is 0.375 e. The highest BCUT2D eigenvalue weighted by atomic mass is 35.5. The molecule has 2 aromatic heterocycles. The number of carbonyl (C=O) groups excluding carboxylic acids is 5. The van der Waals surface area contributed by atoms with Gasteiger partial charge in [0, 0.05) is 108 Å². The zero-order valence-corrected chi connectivity index (χ0v) is 54.0. The molecule has 0 radical (unpaired) electrons. The number of likely N-dealkylation sites (tertiary alicyclic amines) is 1. The number of carbonyl (C=O) groups is 5. The molecule has 6 heterocycles. The molecule has 5 aliphatic rings. The van der Waals surface area contributed by atoms with E-state index in [1.807, 2.05) is 152 Å². The summed E-state index contributed by atoms with van der Waals surface area (Å²) >= 11 is 13.2. The van der Waals surface area contributed by atoms with Crippen LogP contribution in [0.3, 0.4) is 0 Å². The minimum atomic E-state index is -0.150. The monoisotopic (exact) mass is 1260 g/mol. The second-order valence-electron chi connectivity index (χ2n) is 24.6. The molecule has 1 unspecified atom stereocenters. The number of para-hydroxylation sites is 3. The van der Waals surface area contributed by atoms with Crippen LogP contribution in [0.1, 0.15) is 155 Å². The van der Waals surface area contributed by atoms with Crippen molar-refractivity contribution < 1.29 is 24.0 Å². The number of nitrogens with one attached hydrogen (secondary N) is 2. The van der Waals surface area contributed by atoms with E-state index in [1.165, 1.54) is 24.1 Å². The van der Waals surface area contributed by atoms with Crippen molar-refractivity contribution >= 4 is 75.5 Å². The van der Waals surface area contributed by atoms with Crippen LogP contribution in [0.2, 0.25) is 5.02 Å². The van der Waals surface area contributed by atoms with Crippen LogP contribution in [0, 0.1) is 13.8 Å². The number of aryl methyl sites for hydroxylation is 2. The van der Waals surface area contributed by atoms with Crippen LogP contribution in [0.4, 0.5) is 22.7 Å². The molecule has 0 spiro atoms. The summed E-state index contributed by atoms with van der Waals surface area (Å²) in [7, 11) is 0. The summed E-state index contributed by atoms with van der Waals surface area (Å²) in [5.74, 6) is 0.359. The molecule has 0 bridgehead atoms. The summed E-state index contributed by atoms with van der Waals surface area (Å²) in [6, 6.07) is 50.4. The number of anilines is 4. The summed E-state index contributed by atoms with van der Waals surface area (Å²) in [5, 5.41) is 11.3. The number of benzene rings is 6. The normalized spacial score (nSPS) is 16.9. The quantitative estimate of drug-likeness (QED) is 0.139. The van der Waals surface area contributed by atoms with Crippen LogP contribution in [0.15, 0.2) is 192 Å². The average Bonchev–Trinajstić information content (AvgIpc) is 2.00. The first kappa shape index (κ1) is 63.6. The molecule has 6 aromatic carbocycles. The highest BCUT2D eigenvalue weighted by Gasteiger charge is 2.33. The number of hydrogen-bond acceptors (Lipinski definition) is 7. The summed E-state index contributed by atoms with van der Waals surface area (Å²) in [5.41, 5.74) is 14.4. The maximum absolute atomic E-state index is 13.6. The van der Waals surface area contributed by atoms with Gasteiger partial charge in [0.2, 0.25) is 5.91 Å². The van der Waals surface area contributed by atoms with E-state index in [0.29, 0.717) is 76.4 Å². The van der Waals surface area contributed by atoms with Crippen molar-refractivity contribution in [2.24, 2.45) is 0 Å². The van der Waals surface area contributed by atoms with Gasteiger partial charge in [0.15, 0.2) is 0 Å². The Morgan fingerprint density at radius 2 is 1.29 bits per heavy atom. The first-order valence-corrected chi connectivity index (χ1v) is 32.6. The number of fused-ring (bicyclic) bond motifs is 4. The Bertz CT molecular complexity index is 4050. The fourth-order valence-electron chi connectivity index (χ4n) is 13.0. The Hall–Kier alpha value is -8.98. The van der Waals surface area contributed by atoms with Crippen LogP contribution in [0.25, 0.3) is 5.69 Å². The summed E-state index contributed by atoms with van der Waals surface area (Å²) in [4.78, 5) is 73.4. The van der Waals surface area contributed by atoms with Crippen molar-refractivity contribution in [2.45, 2.75) is 123 Å². The maximum atomic E-state index is 13.6. The fraction of sp³-hybridized carbons (Fsp3) is 0.307. The zero-order valence-electron chi connectivity index (χ0n) is 52.5. The minimum Gasteiger partial charge on any atom is -0.375 e. The molecular weight excluding hydrogens is 1180 g/mol. The van der Waals surface area contributed by atoms with Gasteiger partial charge in [-0.15, -0.1) is 0 Å². The number of aromatic nitrogens is 3. The number of allylic oxidation sites excluding steroid dienone is 3. The van der Waals surface area contributed by atoms with Crippen LogP contribution in [0.5, 0.6) is 0 Å². The van der Waals surface area contributed by atoms with Crippen LogP contribution < -0.4 is 25.3 Å². The Balaban J connectivity index is 0.000000140. The van der Waals surface area contributed by atoms with Gasteiger partial charge in [-0.1, -0.05) is 103 Å². The SMILES string of the molecule is CC(C)NC(=O)C[C@H]1CCCN(C(=O)C2=C(Cl)C=C(N3CCCC3)CC2)c2ccccc21.Cc1ccccc1C(=O)Nc1ccc(C(=O)N2CCCC(C)c3ccccc32)cc1.Cc1ccn(-c2ccc(C(=O)N3Cc4cccn4Cc4ccccc43)c(Cl)c2)n1. The van der Waals surface area contributed by atoms with Gasteiger partial charge in [-0.3, -0.25) is 24.0 Å². The Morgan fingerprint density at radius 1 is 0.615 bits per heavy atom. The third-order valence-corrected chi connectivity index (χ3v) is 18.4. The molecule has 4 aliphatic heterocycles. The Kier molecular flexibility index (Phi) is 20.2. The van der Waals surface area contributed by atoms with Crippen molar-refractivity contribution in [1.82, 2.24) is 24.6 Å². The molecule has 1 fully saturated rings. The molecule has 1 aliphatic carbocycles. The molecule has 1 saturated heterocycles. The lowest BCUT2D eigenvalue weighted by Crippen LogP contribution is -2.34. The summed E-state index contributed by atoms with van der Waals surface area (Å²) < 4.78 is 3.93. The average molecular weight is 1260 g/mol. The first-order valence-electron chi connectivity index (χ1n) is 31.9. The van der Waals surface area contributed by atoms with E-state index in [2.05, 4.69) is 56.4 Å². The van der Waals surface area contributed by atoms with E-state index in [9.17, 15) is 24.0 Å². The third-order valence-electron chi connectivity index (χ3n) is 17.8. The molecule has 2 N–H and O–H groups in total. The highest BCUT2D eigenvalue weighted by molar-refractivity contribution is 6.35. The molecule has 13 rings (SSSR count). The molecule has 91 heavy (non-hydrogen) atoms. The maximum Gasteiger partial charge on any atom is 0.260 e. The number of amides is 5. The van der Waals surface area contributed by atoms with Gasteiger partial charge < -0.3 is 34.8 Å². The molecule has 468 valence electrons. The molecule has 5 amide bonds. The molecule has 16 heteroatoms. The first-order chi connectivity index (χ1) is 44.1. The van der Waals surface area contributed by atoms with Crippen molar-refractivity contribution in [3.63, 3.8) is 0 Å². The Morgan fingerprint density at radius 3 is 1.99 bits per heavy atom. The van der Waals surface area contributed by atoms with E-state index in [1.54, 1.807) is 47.1 Å². The lowest BCUT2D eigenvalue weighted by atomic mass is 9.90. The van der Waals surface area contributed by atoms with Gasteiger partial charge >= 0.3 is 0 Å². The van der Waals surface area contributed by atoms with Crippen molar-refractivity contribution in [3.05, 3.63) is 248 Å². The van der Waals surface area contributed by atoms with Crippen LogP contribution >= 0.6 is 23.2 Å². The lowest BCUT2D eigenvalue weighted by Gasteiger charge is -2.29. The third kappa shape index (κ3) is 14.8. The molecule has 14 nitrogen and oxygen atoms in total. The zero-order chi connectivity index (χ0) is 63.7. The number of nitrogens with zero attached hydrogens (tertiary/aromatic N) is 7. The van der Waals surface area contributed by atoms with Gasteiger partial charge in [0.05, 0.1) is 33.5 Å². The highest BCUT2D eigenvalue weighted by Crippen LogP contribution is 2.40. The molecule has 8 aromatic rings.